The molecule has 0 unspecified atom stereocenters. The van der Waals surface area contributed by atoms with Crippen molar-refractivity contribution in [2.45, 2.75) is 0 Å². The average molecular weight is 161 g/mol. The highest BCUT2D eigenvalue weighted by molar-refractivity contribution is 5.71. The smallest absolute Gasteiger partial charge is 0.173 e. The van der Waals surface area contributed by atoms with Crippen LogP contribution in [0.25, 0.3) is 5.76 Å². The Morgan fingerprint density at radius 3 is 2.67 bits per heavy atom. The molecule has 1 aliphatic rings. The minimum atomic E-state index is 0.824. The third-order valence-electron chi connectivity index (χ3n) is 1.81. The molecule has 62 valence electrons. The normalized spacial score (nSPS) is 14.4. The summed E-state index contributed by atoms with van der Waals surface area (Å²) in [4.78, 5) is 0. The molecule has 0 aliphatic carbocycles. The zero-order valence-corrected chi connectivity index (χ0v) is 7.00. The molecule has 1 aromatic rings. The second-order valence-corrected chi connectivity index (χ2v) is 2.75. The van der Waals surface area contributed by atoms with Crippen LogP contribution in [0.1, 0.15) is 5.56 Å². The van der Waals surface area contributed by atoms with Crippen molar-refractivity contribution >= 4 is 5.76 Å². The van der Waals surface area contributed by atoms with Crippen LogP contribution in [-0.4, -0.2) is 13.6 Å². The van der Waals surface area contributed by atoms with Gasteiger partial charge in [-0.05, 0) is 7.05 Å². The fourth-order valence-corrected chi connectivity index (χ4v) is 1.18. The maximum Gasteiger partial charge on any atom is 0.173 e. The number of rotatable bonds is 3. The predicted octanol–water partition coefficient (Wildman–Crippen LogP) is 1.60. The van der Waals surface area contributed by atoms with Crippen LogP contribution in [0.3, 0.4) is 0 Å². The molecule has 2 rings (SSSR count). The van der Waals surface area contributed by atoms with Gasteiger partial charge in [-0.1, -0.05) is 30.3 Å². The SMILES string of the molecule is CNCC1=C(c2ccccc2)O1. The van der Waals surface area contributed by atoms with Crippen LogP contribution < -0.4 is 5.32 Å². The molecule has 0 saturated carbocycles. The molecule has 0 saturated heterocycles. The monoisotopic (exact) mass is 161 g/mol. The first-order valence-corrected chi connectivity index (χ1v) is 4.03. The summed E-state index contributed by atoms with van der Waals surface area (Å²) in [6, 6.07) is 10.1. The Kier molecular flexibility index (Phi) is 1.84. The minimum Gasteiger partial charge on any atom is -0.452 e. The summed E-state index contributed by atoms with van der Waals surface area (Å²) in [7, 11) is 1.91. The summed E-state index contributed by atoms with van der Waals surface area (Å²) >= 11 is 0. The van der Waals surface area contributed by atoms with Gasteiger partial charge in [0.2, 0.25) is 0 Å². The van der Waals surface area contributed by atoms with E-state index in [1.54, 1.807) is 0 Å². The molecular weight excluding hydrogens is 150 g/mol. The van der Waals surface area contributed by atoms with Crippen molar-refractivity contribution in [2.75, 3.05) is 13.6 Å². The fraction of sp³-hybridized carbons (Fsp3) is 0.200. The van der Waals surface area contributed by atoms with Gasteiger partial charge in [-0.25, -0.2) is 0 Å². The highest BCUT2D eigenvalue weighted by Crippen LogP contribution is 2.34. The topological polar surface area (TPSA) is 24.6 Å². The maximum absolute atomic E-state index is 5.31. The lowest BCUT2D eigenvalue weighted by Crippen LogP contribution is -2.05. The van der Waals surface area contributed by atoms with E-state index in [1.807, 2.05) is 25.2 Å². The van der Waals surface area contributed by atoms with Crippen molar-refractivity contribution in [3.05, 3.63) is 41.7 Å². The van der Waals surface area contributed by atoms with Gasteiger partial charge in [0.05, 0.1) is 6.54 Å². The lowest BCUT2D eigenvalue weighted by atomic mass is 10.2. The molecule has 0 amide bonds. The Morgan fingerprint density at radius 1 is 1.25 bits per heavy atom. The Hall–Kier alpha value is -1.28. The molecule has 1 heterocycles. The summed E-state index contributed by atoms with van der Waals surface area (Å²) in [6.07, 6.45) is 0. The third-order valence-corrected chi connectivity index (χ3v) is 1.81. The van der Waals surface area contributed by atoms with Gasteiger partial charge >= 0.3 is 0 Å². The lowest BCUT2D eigenvalue weighted by Gasteiger charge is -1.86. The number of nitrogens with one attached hydrogen (secondary N) is 1. The van der Waals surface area contributed by atoms with Crippen molar-refractivity contribution in [1.29, 1.82) is 0 Å². The molecule has 0 atom stereocenters. The maximum atomic E-state index is 5.31. The van der Waals surface area contributed by atoms with Crippen molar-refractivity contribution in [3.8, 4) is 0 Å². The van der Waals surface area contributed by atoms with Gasteiger partial charge in [0.1, 0.15) is 0 Å². The predicted molar refractivity (Wildman–Crippen MR) is 48.4 cm³/mol. The average Bonchev–Trinajstić information content (AvgIpc) is 2.87. The zero-order chi connectivity index (χ0) is 8.39. The molecule has 1 aliphatic heterocycles. The van der Waals surface area contributed by atoms with E-state index >= 15 is 0 Å². The van der Waals surface area contributed by atoms with Crippen LogP contribution in [0.5, 0.6) is 0 Å². The number of hydrogen-bond donors (Lipinski definition) is 1. The summed E-state index contributed by atoms with van der Waals surface area (Å²) in [5, 5.41) is 3.05. The Bertz CT molecular complexity index is 303. The van der Waals surface area contributed by atoms with Crippen LogP contribution in [0.4, 0.5) is 0 Å². The van der Waals surface area contributed by atoms with Gasteiger partial charge in [0.25, 0.3) is 0 Å². The Balaban J connectivity index is 2.14. The first kappa shape index (κ1) is 7.37. The molecule has 1 aromatic carbocycles. The van der Waals surface area contributed by atoms with E-state index in [2.05, 4.69) is 17.4 Å². The largest absolute Gasteiger partial charge is 0.452 e. The van der Waals surface area contributed by atoms with Crippen LogP contribution in [0, 0.1) is 0 Å². The van der Waals surface area contributed by atoms with Crippen LogP contribution in [-0.2, 0) is 4.74 Å². The van der Waals surface area contributed by atoms with Gasteiger partial charge in [-0.3, -0.25) is 0 Å². The highest BCUT2D eigenvalue weighted by Gasteiger charge is 2.24. The zero-order valence-electron chi connectivity index (χ0n) is 7.00. The number of ether oxygens (including phenoxy) is 1. The Morgan fingerprint density at radius 2 is 2.00 bits per heavy atom. The number of hydrogen-bond acceptors (Lipinski definition) is 2. The van der Waals surface area contributed by atoms with E-state index in [1.165, 1.54) is 5.56 Å². The van der Waals surface area contributed by atoms with E-state index < -0.39 is 0 Å². The summed E-state index contributed by atoms with van der Waals surface area (Å²) in [6.45, 7) is 0.824. The van der Waals surface area contributed by atoms with Crippen molar-refractivity contribution < 1.29 is 4.74 Å². The highest BCUT2D eigenvalue weighted by atomic mass is 16.6. The first-order valence-electron chi connectivity index (χ1n) is 4.03. The van der Waals surface area contributed by atoms with E-state index in [9.17, 15) is 0 Å². The second-order valence-electron chi connectivity index (χ2n) is 2.75. The second kappa shape index (κ2) is 2.99. The standard InChI is InChI=1S/C10H11NO/c1-11-7-9-10(12-9)8-5-3-2-4-6-8/h2-6,11H,7H2,1H3. The van der Waals surface area contributed by atoms with Gasteiger partial charge in [-0.2, -0.15) is 0 Å². The molecular formula is C10H11NO. The quantitative estimate of drug-likeness (QED) is 0.728. The fourth-order valence-electron chi connectivity index (χ4n) is 1.18. The summed E-state index contributed by atoms with van der Waals surface area (Å²) < 4.78 is 5.31. The third kappa shape index (κ3) is 1.34. The molecule has 0 fully saturated rings. The number of benzene rings is 1. The van der Waals surface area contributed by atoms with E-state index in [-0.39, 0.29) is 0 Å². The minimum absolute atomic E-state index is 0.824. The van der Waals surface area contributed by atoms with E-state index in [0.717, 1.165) is 18.1 Å². The van der Waals surface area contributed by atoms with Crippen molar-refractivity contribution in [3.63, 3.8) is 0 Å². The van der Waals surface area contributed by atoms with Gasteiger partial charge in [0, 0.05) is 5.56 Å². The molecule has 0 spiro atoms. The van der Waals surface area contributed by atoms with Crippen LogP contribution >= 0.6 is 0 Å². The van der Waals surface area contributed by atoms with E-state index in [4.69, 9.17) is 4.74 Å². The van der Waals surface area contributed by atoms with E-state index in [0.29, 0.717) is 0 Å². The van der Waals surface area contributed by atoms with Gasteiger partial charge in [0.15, 0.2) is 11.5 Å². The van der Waals surface area contributed by atoms with Crippen LogP contribution in [0.15, 0.2) is 36.1 Å². The molecule has 2 nitrogen and oxygen atoms in total. The summed E-state index contributed by atoms with van der Waals surface area (Å²) in [5.74, 6) is 2.09. The number of likely N-dealkylation sites (N-methyl/N-ethyl adjacent to an activating group) is 1. The van der Waals surface area contributed by atoms with Crippen molar-refractivity contribution in [2.24, 2.45) is 0 Å². The van der Waals surface area contributed by atoms with Gasteiger partial charge in [-0.15, -0.1) is 0 Å². The first-order chi connectivity index (χ1) is 5.92. The molecule has 0 radical (unpaired) electrons. The molecule has 1 N–H and O–H groups in total. The molecule has 0 bridgehead atoms. The van der Waals surface area contributed by atoms with Crippen molar-refractivity contribution in [1.82, 2.24) is 5.32 Å². The molecule has 2 heteroatoms. The Labute approximate surface area is 71.9 Å². The summed E-state index contributed by atoms with van der Waals surface area (Å²) in [5.41, 5.74) is 1.17. The molecule has 0 aromatic heterocycles. The van der Waals surface area contributed by atoms with Crippen LogP contribution in [0.2, 0.25) is 0 Å². The van der Waals surface area contributed by atoms with Gasteiger partial charge < -0.3 is 10.1 Å². The lowest BCUT2D eigenvalue weighted by molar-refractivity contribution is 0.502. The molecule has 12 heavy (non-hydrogen) atoms.